The van der Waals surface area contributed by atoms with E-state index in [1.807, 2.05) is 6.07 Å². The Morgan fingerprint density at radius 2 is 2.16 bits per heavy atom. The van der Waals surface area contributed by atoms with Crippen LogP contribution in [0, 0.1) is 17.1 Å². The third-order valence-corrected chi connectivity index (χ3v) is 2.52. The second-order valence-electron chi connectivity index (χ2n) is 3.96. The lowest BCUT2D eigenvalue weighted by molar-refractivity contribution is 0.198. The molecule has 1 aromatic carbocycles. The van der Waals surface area contributed by atoms with Crippen LogP contribution in [0.3, 0.4) is 0 Å². The Hall–Kier alpha value is -2.45. The number of benzene rings is 1. The zero-order valence-electron chi connectivity index (χ0n) is 10.2. The van der Waals surface area contributed by atoms with Crippen molar-refractivity contribution in [3.8, 4) is 17.7 Å². The molecule has 0 saturated heterocycles. The zero-order chi connectivity index (χ0) is 13.8. The molecule has 1 heterocycles. The van der Waals surface area contributed by atoms with E-state index < -0.39 is 11.9 Å². The van der Waals surface area contributed by atoms with E-state index in [1.54, 1.807) is 13.0 Å². The molecule has 1 atom stereocenters. The molecular weight excluding hydrogens is 247 g/mol. The van der Waals surface area contributed by atoms with Gasteiger partial charge in [-0.2, -0.15) is 5.26 Å². The summed E-state index contributed by atoms with van der Waals surface area (Å²) in [5.74, 6) is -0.473. The molecule has 1 N–H and O–H groups in total. The molecule has 4 nitrogen and oxygen atoms in total. The Morgan fingerprint density at radius 3 is 2.79 bits per heavy atom. The van der Waals surface area contributed by atoms with Crippen LogP contribution in [0.25, 0.3) is 0 Å². The molecule has 1 aromatic heterocycles. The van der Waals surface area contributed by atoms with Crippen molar-refractivity contribution in [3.05, 3.63) is 53.5 Å². The molecule has 2 aromatic rings. The second-order valence-corrected chi connectivity index (χ2v) is 3.96. The summed E-state index contributed by atoms with van der Waals surface area (Å²) < 4.78 is 18.9. The van der Waals surface area contributed by atoms with Gasteiger partial charge < -0.3 is 9.84 Å². The predicted octanol–water partition coefficient (Wildman–Crippen LogP) is 2.94. The third kappa shape index (κ3) is 3.06. The topological polar surface area (TPSA) is 66.1 Å². The summed E-state index contributed by atoms with van der Waals surface area (Å²) in [5, 5.41) is 18.1. The van der Waals surface area contributed by atoms with Gasteiger partial charge in [-0.1, -0.05) is 0 Å². The van der Waals surface area contributed by atoms with Crippen LogP contribution in [0.15, 0.2) is 36.5 Å². The molecule has 0 radical (unpaired) electrons. The third-order valence-electron chi connectivity index (χ3n) is 2.52. The summed E-state index contributed by atoms with van der Waals surface area (Å²) in [6.07, 6.45) is 0.815. The van der Waals surface area contributed by atoms with Crippen molar-refractivity contribution < 1.29 is 14.2 Å². The molecular formula is C14H11FN2O2. The molecule has 0 spiro atoms. The van der Waals surface area contributed by atoms with Gasteiger partial charge in [0, 0.05) is 12.3 Å². The lowest BCUT2D eigenvalue weighted by Crippen LogP contribution is -1.95. The van der Waals surface area contributed by atoms with E-state index in [-0.39, 0.29) is 17.2 Å². The highest BCUT2D eigenvalue weighted by atomic mass is 19.1. The number of aliphatic hydroxyl groups excluding tert-OH is 1. The lowest BCUT2D eigenvalue weighted by Gasteiger charge is -2.08. The van der Waals surface area contributed by atoms with Gasteiger partial charge in [0.2, 0.25) is 5.88 Å². The quantitative estimate of drug-likeness (QED) is 0.919. The number of rotatable bonds is 3. The van der Waals surface area contributed by atoms with Crippen LogP contribution in [0.4, 0.5) is 4.39 Å². The molecule has 0 unspecified atom stereocenters. The van der Waals surface area contributed by atoms with Gasteiger partial charge in [0.15, 0.2) is 11.6 Å². The summed E-state index contributed by atoms with van der Waals surface area (Å²) in [5.41, 5.74) is 0.842. The summed E-state index contributed by atoms with van der Waals surface area (Å²) >= 11 is 0. The number of hydrogen-bond donors (Lipinski definition) is 1. The molecule has 0 amide bonds. The number of ether oxygens (including phenoxy) is 1. The van der Waals surface area contributed by atoms with E-state index in [2.05, 4.69) is 4.98 Å². The number of nitriles is 1. The van der Waals surface area contributed by atoms with Gasteiger partial charge in [-0.05, 0) is 36.8 Å². The highest BCUT2D eigenvalue weighted by molar-refractivity contribution is 5.38. The van der Waals surface area contributed by atoms with Crippen molar-refractivity contribution in [3.63, 3.8) is 0 Å². The van der Waals surface area contributed by atoms with Crippen LogP contribution >= 0.6 is 0 Å². The summed E-state index contributed by atoms with van der Waals surface area (Å²) in [6, 6.07) is 8.93. The minimum atomic E-state index is -0.656. The largest absolute Gasteiger partial charge is 0.436 e. The van der Waals surface area contributed by atoms with E-state index in [9.17, 15) is 9.50 Å². The Bertz CT molecular complexity index is 636. The van der Waals surface area contributed by atoms with E-state index in [0.717, 1.165) is 6.07 Å². The van der Waals surface area contributed by atoms with E-state index in [4.69, 9.17) is 10.00 Å². The first-order chi connectivity index (χ1) is 9.10. The van der Waals surface area contributed by atoms with Crippen LogP contribution < -0.4 is 4.74 Å². The van der Waals surface area contributed by atoms with Gasteiger partial charge >= 0.3 is 0 Å². The Kier molecular flexibility index (Phi) is 3.74. The minimum absolute atomic E-state index is 0.0192. The first kappa shape index (κ1) is 13.0. The molecule has 0 aliphatic heterocycles. The van der Waals surface area contributed by atoms with Gasteiger partial charge in [0.25, 0.3) is 0 Å². The standard InChI is InChI=1S/C14H11FN2O2/c1-9(18)11-4-5-17-14(7-11)19-13-3-2-10(8-16)6-12(13)15/h2-7,9,18H,1H3/t9-/m1/s1. The van der Waals surface area contributed by atoms with Gasteiger partial charge in [-0.25, -0.2) is 9.37 Å². The molecule has 96 valence electrons. The molecule has 0 aliphatic carbocycles. The lowest BCUT2D eigenvalue weighted by atomic mass is 10.2. The molecule has 0 bridgehead atoms. The fourth-order valence-corrected chi connectivity index (χ4v) is 1.51. The normalized spacial score (nSPS) is 11.7. The van der Waals surface area contributed by atoms with Crippen molar-refractivity contribution in [1.29, 1.82) is 5.26 Å². The van der Waals surface area contributed by atoms with Crippen molar-refractivity contribution in [1.82, 2.24) is 4.98 Å². The molecule has 0 aliphatic rings. The number of aromatic nitrogens is 1. The van der Waals surface area contributed by atoms with Gasteiger partial charge in [0.1, 0.15) is 0 Å². The number of halogens is 1. The van der Waals surface area contributed by atoms with Crippen LogP contribution in [0.2, 0.25) is 0 Å². The smallest absolute Gasteiger partial charge is 0.219 e. The maximum Gasteiger partial charge on any atom is 0.219 e. The minimum Gasteiger partial charge on any atom is -0.436 e. The predicted molar refractivity (Wildman–Crippen MR) is 66.1 cm³/mol. The van der Waals surface area contributed by atoms with Crippen molar-refractivity contribution in [2.24, 2.45) is 0 Å². The highest BCUT2D eigenvalue weighted by Gasteiger charge is 2.08. The second kappa shape index (κ2) is 5.46. The van der Waals surface area contributed by atoms with Gasteiger partial charge in [-0.15, -0.1) is 0 Å². The number of pyridine rings is 1. The molecule has 5 heteroatoms. The maximum atomic E-state index is 13.6. The summed E-state index contributed by atoms with van der Waals surface area (Å²) in [7, 11) is 0. The van der Waals surface area contributed by atoms with Crippen molar-refractivity contribution in [2.75, 3.05) is 0 Å². The Balaban J connectivity index is 2.26. The van der Waals surface area contributed by atoms with Crippen LogP contribution in [-0.4, -0.2) is 10.1 Å². The first-order valence-corrected chi connectivity index (χ1v) is 5.61. The van der Waals surface area contributed by atoms with Crippen molar-refractivity contribution >= 4 is 0 Å². The van der Waals surface area contributed by atoms with Crippen molar-refractivity contribution in [2.45, 2.75) is 13.0 Å². The fraction of sp³-hybridized carbons (Fsp3) is 0.143. The molecule has 2 rings (SSSR count). The average molecular weight is 258 g/mol. The van der Waals surface area contributed by atoms with Gasteiger partial charge in [-0.3, -0.25) is 0 Å². The molecule has 0 fully saturated rings. The highest BCUT2D eigenvalue weighted by Crippen LogP contribution is 2.25. The van der Waals surface area contributed by atoms with E-state index in [1.165, 1.54) is 24.4 Å². The summed E-state index contributed by atoms with van der Waals surface area (Å²) in [6.45, 7) is 1.61. The first-order valence-electron chi connectivity index (χ1n) is 5.61. The summed E-state index contributed by atoms with van der Waals surface area (Å²) in [4.78, 5) is 3.94. The number of hydrogen-bond acceptors (Lipinski definition) is 4. The maximum absolute atomic E-state index is 13.6. The zero-order valence-corrected chi connectivity index (χ0v) is 10.2. The monoisotopic (exact) mass is 258 g/mol. The molecule has 19 heavy (non-hydrogen) atoms. The Morgan fingerprint density at radius 1 is 1.37 bits per heavy atom. The van der Waals surface area contributed by atoms with Crippen LogP contribution in [0.1, 0.15) is 24.2 Å². The fourth-order valence-electron chi connectivity index (χ4n) is 1.51. The SMILES string of the molecule is C[C@@H](O)c1ccnc(Oc2ccc(C#N)cc2F)c1. The van der Waals surface area contributed by atoms with Crippen LogP contribution in [-0.2, 0) is 0 Å². The molecule has 0 saturated carbocycles. The number of nitrogens with zero attached hydrogens (tertiary/aromatic N) is 2. The number of aliphatic hydroxyl groups is 1. The average Bonchev–Trinajstić information content (AvgIpc) is 2.41. The van der Waals surface area contributed by atoms with Gasteiger partial charge in [0.05, 0.1) is 17.7 Å². The van der Waals surface area contributed by atoms with E-state index in [0.29, 0.717) is 5.56 Å². The van der Waals surface area contributed by atoms with Crippen LogP contribution in [0.5, 0.6) is 11.6 Å². The Labute approximate surface area is 109 Å². The van der Waals surface area contributed by atoms with E-state index >= 15 is 0 Å².